The zero-order chi connectivity index (χ0) is 32.8. The normalized spacial score (nSPS) is 12.4. The quantitative estimate of drug-likeness (QED) is 0.144. The minimum atomic E-state index is -3.45. The van der Waals surface area contributed by atoms with Gasteiger partial charge in [-0.3, -0.25) is 4.79 Å². The number of nitrogens with one attached hydrogen (secondary N) is 1. The van der Waals surface area contributed by atoms with E-state index in [9.17, 15) is 23.1 Å². The van der Waals surface area contributed by atoms with Crippen LogP contribution in [0.3, 0.4) is 0 Å². The lowest BCUT2D eigenvalue weighted by Gasteiger charge is -2.17. The van der Waals surface area contributed by atoms with E-state index in [1.165, 1.54) is 47.7 Å². The molecule has 0 aliphatic carbocycles. The van der Waals surface area contributed by atoms with Crippen molar-refractivity contribution in [3.63, 3.8) is 0 Å². The molecule has 13 heteroatoms. The summed E-state index contributed by atoms with van der Waals surface area (Å²) >= 11 is 13.5. The number of thiazole rings is 1. The van der Waals surface area contributed by atoms with E-state index in [4.69, 9.17) is 32.7 Å². The number of carboxylic acids is 1. The molecule has 0 radical (unpaired) electrons. The van der Waals surface area contributed by atoms with E-state index in [1.807, 2.05) is 5.38 Å². The zero-order valence-electron chi connectivity index (χ0n) is 24.8. The predicted octanol–water partition coefficient (Wildman–Crippen LogP) is 6.95. The summed E-state index contributed by atoms with van der Waals surface area (Å²) in [5, 5.41) is 15.5. The average molecular weight is 692 g/mol. The zero-order valence-corrected chi connectivity index (χ0v) is 27.9. The SMILES string of the molecule is CC(C)(C)c1csc(COc2cc(Cl)cc(C(=O)NC(Oc3ccc(CCCS(=O)(=O)c4ccc(Cl)cc4)cc3)C(=O)O)c2)n1. The second kappa shape index (κ2) is 14.6. The highest BCUT2D eigenvalue weighted by Crippen LogP contribution is 2.26. The number of aryl methyl sites for hydroxylation is 1. The highest BCUT2D eigenvalue weighted by Gasteiger charge is 2.24. The van der Waals surface area contributed by atoms with Crippen LogP contribution in [0.1, 0.15) is 53.8 Å². The number of hydrogen-bond acceptors (Lipinski definition) is 8. The Kier molecular flexibility index (Phi) is 11.1. The summed E-state index contributed by atoms with van der Waals surface area (Å²) in [5.74, 6) is -1.65. The molecule has 1 amide bonds. The van der Waals surface area contributed by atoms with Gasteiger partial charge in [0.15, 0.2) is 9.84 Å². The molecule has 0 spiro atoms. The fourth-order valence-corrected chi connectivity index (χ4v) is 6.68. The van der Waals surface area contributed by atoms with Gasteiger partial charge >= 0.3 is 5.97 Å². The summed E-state index contributed by atoms with van der Waals surface area (Å²) in [7, 11) is -3.45. The van der Waals surface area contributed by atoms with E-state index in [0.29, 0.717) is 23.6 Å². The Bertz CT molecular complexity index is 1750. The topological polar surface area (TPSA) is 132 Å². The molecule has 9 nitrogen and oxygen atoms in total. The lowest BCUT2D eigenvalue weighted by Crippen LogP contribution is -2.44. The van der Waals surface area contributed by atoms with Crippen LogP contribution in [-0.4, -0.2) is 42.4 Å². The first kappa shape index (κ1) is 34.2. The van der Waals surface area contributed by atoms with Crippen LogP contribution in [-0.2, 0) is 33.1 Å². The monoisotopic (exact) mass is 690 g/mol. The Labute approximate surface area is 276 Å². The first-order valence-electron chi connectivity index (χ1n) is 13.9. The van der Waals surface area contributed by atoms with E-state index in [1.54, 1.807) is 30.3 Å². The third-order valence-electron chi connectivity index (χ3n) is 6.53. The van der Waals surface area contributed by atoms with Gasteiger partial charge in [-0.25, -0.2) is 18.2 Å². The molecule has 2 N–H and O–H groups in total. The number of sulfone groups is 1. The first-order chi connectivity index (χ1) is 21.2. The third kappa shape index (κ3) is 9.92. The molecule has 0 bridgehead atoms. The Morgan fingerprint density at radius 3 is 2.29 bits per heavy atom. The minimum absolute atomic E-state index is 0.0423. The van der Waals surface area contributed by atoms with E-state index < -0.39 is 27.9 Å². The molecule has 4 aromatic rings. The van der Waals surface area contributed by atoms with Crippen LogP contribution in [0.2, 0.25) is 10.0 Å². The maximum absolute atomic E-state index is 13.0. The molecular formula is C32H32Cl2N2O7S2. The van der Waals surface area contributed by atoms with Gasteiger partial charge in [0.1, 0.15) is 23.1 Å². The number of carbonyl (C=O) groups excluding carboxylic acids is 1. The molecule has 1 atom stereocenters. The number of ether oxygens (including phenoxy) is 2. The van der Waals surface area contributed by atoms with Crippen molar-refractivity contribution in [2.75, 3.05) is 5.75 Å². The standard InChI is InChI=1S/C32H32Cl2N2O7S2/c1-32(2,3)27-19-44-28(35-27)18-42-25-16-21(15-23(34)17-25)29(37)36-30(31(38)39)43-24-10-6-20(7-11-24)5-4-14-45(40,41)26-12-8-22(33)9-13-26/h6-13,15-17,19,30H,4-5,14,18H2,1-3H3,(H,36,37)(H,38,39). The van der Waals surface area contributed by atoms with Crippen LogP contribution >= 0.6 is 34.5 Å². The Morgan fingerprint density at radius 2 is 1.67 bits per heavy atom. The Balaban J connectivity index is 1.33. The molecule has 1 unspecified atom stereocenters. The molecular weight excluding hydrogens is 659 g/mol. The molecule has 45 heavy (non-hydrogen) atoms. The van der Waals surface area contributed by atoms with Gasteiger partial charge in [-0.15, -0.1) is 11.3 Å². The maximum atomic E-state index is 13.0. The lowest BCUT2D eigenvalue weighted by atomic mass is 9.93. The predicted molar refractivity (Wildman–Crippen MR) is 174 cm³/mol. The number of carboxylic acid groups (broad SMARTS) is 1. The molecule has 0 saturated carbocycles. The van der Waals surface area contributed by atoms with Gasteiger partial charge in [0.05, 0.1) is 16.3 Å². The summed E-state index contributed by atoms with van der Waals surface area (Å²) in [6.07, 6.45) is -0.833. The summed E-state index contributed by atoms with van der Waals surface area (Å²) in [6, 6.07) is 17.0. The average Bonchev–Trinajstić information content (AvgIpc) is 3.46. The van der Waals surface area contributed by atoms with Crippen molar-refractivity contribution in [3.8, 4) is 11.5 Å². The molecule has 0 aliphatic rings. The minimum Gasteiger partial charge on any atom is -0.486 e. The number of benzene rings is 3. The number of aliphatic carboxylic acids is 1. The number of aromatic nitrogens is 1. The van der Waals surface area contributed by atoms with Crippen molar-refractivity contribution in [1.29, 1.82) is 0 Å². The molecule has 238 valence electrons. The molecule has 0 fully saturated rings. The number of amides is 1. The molecule has 1 heterocycles. The van der Waals surface area contributed by atoms with Crippen LogP contribution in [0.15, 0.2) is 77.0 Å². The summed E-state index contributed by atoms with van der Waals surface area (Å²) in [5.41, 5.74) is 1.78. The highest BCUT2D eigenvalue weighted by molar-refractivity contribution is 7.91. The van der Waals surface area contributed by atoms with Gasteiger partial charge < -0.3 is 19.9 Å². The molecule has 3 aromatic carbocycles. The Hall–Kier alpha value is -3.64. The molecule has 0 aliphatic heterocycles. The molecule has 1 aromatic heterocycles. The number of carbonyl (C=O) groups is 2. The number of nitrogens with zero attached hydrogens (tertiary/aromatic N) is 1. The van der Waals surface area contributed by atoms with Crippen LogP contribution in [0.4, 0.5) is 0 Å². The van der Waals surface area contributed by atoms with Gasteiger partial charge in [0.2, 0.25) is 0 Å². The smallest absolute Gasteiger partial charge is 0.366 e. The van der Waals surface area contributed by atoms with Crippen molar-refractivity contribution in [2.24, 2.45) is 0 Å². The van der Waals surface area contributed by atoms with E-state index >= 15 is 0 Å². The second-order valence-electron chi connectivity index (χ2n) is 11.2. The van der Waals surface area contributed by atoms with E-state index in [2.05, 4.69) is 31.1 Å². The van der Waals surface area contributed by atoms with Crippen molar-refractivity contribution in [3.05, 3.63) is 104 Å². The summed E-state index contributed by atoms with van der Waals surface area (Å²) in [4.78, 5) is 29.7. The summed E-state index contributed by atoms with van der Waals surface area (Å²) < 4.78 is 36.5. The number of rotatable bonds is 13. The largest absolute Gasteiger partial charge is 0.486 e. The number of hydrogen-bond donors (Lipinski definition) is 2. The van der Waals surface area contributed by atoms with Gasteiger partial charge in [0.25, 0.3) is 12.1 Å². The lowest BCUT2D eigenvalue weighted by molar-refractivity contribution is -0.146. The number of halogens is 2. The third-order valence-corrected chi connectivity index (χ3v) is 9.64. The van der Waals surface area contributed by atoms with Gasteiger partial charge in [-0.2, -0.15) is 0 Å². The van der Waals surface area contributed by atoms with Crippen molar-refractivity contribution in [1.82, 2.24) is 10.3 Å². The van der Waals surface area contributed by atoms with E-state index in [0.717, 1.165) is 16.3 Å². The van der Waals surface area contributed by atoms with E-state index in [-0.39, 0.29) is 39.0 Å². The second-order valence-corrected chi connectivity index (χ2v) is 15.1. The molecule has 4 rings (SSSR count). The van der Waals surface area contributed by atoms with Gasteiger partial charge in [-0.1, -0.05) is 56.1 Å². The summed E-state index contributed by atoms with van der Waals surface area (Å²) in [6.45, 7) is 6.39. The van der Waals surface area contributed by atoms with Crippen molar-refractivity contribution >= 4 is 56.3 Å². The first-order valence-corrected chi connectivity index (χ1v) is 17.1. The van der Waals surface area contributed by atoms with Crippen LogP contribution in [0.25, 0.3) is 0 Å². The maximum Gasteiger partial charge on any atom is 0.366 e. The van der Waals surface area contributed by atoms with Crippen LogP contribution in [0, 0.1) is 0 Å². The van der Waals surface area contributed by atoms with Crippen LogP contribution < -0.4 is 14.8 Å². The Morgan fingerprint density at radius 1 is 0.978 bits per heavy atom. The van der Waals surface area contributed by atoms with Gasteiger partial charge in [0, 0.05) is 26.4 Å². The molecule has 0 saturated heterocycles. The van der Waals surface area contributed by atoms with Crippen LogP contribution in [0.5, 0.6) is 11.5 Å². The van der Waals surface area contributed by atoms with Crippen molar-refractivity contribution < 1.29 is 32.6 Å². The van der Waals surface area contributed by atoms with Gasteiger partial charge in [-0.05, 0) is 73.0 Å². The fraction of sp³-hybridized carbons (Fsp3) is 0.281. The highest BCUT2D eigenvalue weighted by atomic mass is 35.5. The fourth-order valence-electron chi connectivity index (χ4n) is 4.08. The van der Waals surface area contributed by atoms with Crippen molar-refractivity contribution in [2.45, 2.75) is 56.8 Å².